The molecule has 2 atom stereocenters. The van der Waals surface area contributed by atoms with Crippen molar-refractivity contribution in [2.45, 2.75) is 11.5 Å². The molecule has 2 unspecified atom stereocenters. The fourth-order valence-electron chi connectivity index (χ4n) is 1.97. The lowest BCUT2D eigenvalue weighted by Crippen LogP contribution is -2.32. The summed E-state index contributed by atoms with van der Waals surface area (Å²) in [6, 6.07) is 3.70. The Morgan fingerprint density at radius 2 is 2.00 bits per heavy atom. The number of halogens is 2. The first-order chi connectivity index (χ1) is 9.17. The van der Waals surface area contributed by atoms with Crippen molar-refractivity contribution in [2.75, 3.05) is 34.0 Å². The minimum Gasteiger partial charge on any atom is -0.496 e. The van der Waals surface area contributed by atoms with E-state index in [-0.39, 0.29) is 11.5 Å². The van der Waals surface area contributed by atoms with E-state index in [1.54, 1.807) is 14.2 Å². The number of rotatable bonds is 4. The van der Waals surface area contributed by atoms with Crippen molar-refractivity contribution in [1.82, 2.24) is 0 Å². The van der Waals surface area contributed by atoms with E-state index in [1.165, 1.54) is 0 Å². The molecule has 0 aliphatic carbocycles. The Kier molecular flexibility index (Phi) is 5.33. The first kappa shape index (κ1) is 14.9. The highest BCUT2D eigenvalue weighted by Gasteiger charge is 2.28. The molecule has 2 rings (SSSR count). The van der Waals surface area contributed by atoms with Crippen molar-refractivity contribution in [3.63, 3.8) is 0 Å². The van der Waals surface area contributed by atoms with Crippen LogP contribution in [0.25, 0.3) is 0 Å². The molecular weight excluding hydrogens is 335 g/mol. The molecule has 0 amide bonds. The van der Waals surface area contributed by atoms with Gasteiger partial charge in [0, 0.05) is 5.56 Å². The van der Waals surface area contributed by atoms with Crippen LogP contribution in [0.15, 0.2) is 16.6 Å². The molecule has 1 saturated heterocycles. The summed E-state index contributed by atoms with van der Waals surface area (Å²) in [5.74, 6) is 1.40. The Labute approximate surface area is 126 Å². The van der Waals surface area contributed by atoms with Crippen molar-refractivity contribution >= 4 is 27.5 Å². The summed E-state index contributed by atoms with van der Waals surface area (Å²) >= 11 is 9.92. The van der Waals surface area contributed by atoms with Crippen molar-refractivity contribution in [1.29, 1.82) is 0 Å². The van der Waals surface area contributed by atoms with Crippen LogP contribution in [0.3, 0.4) is 0 Å². The third-order valence-corrected chi connectivity index (χ3v) is 4.11. The molecule has 1 aromatic rings. The lowest BCUT2D eigenvalue weighted by atomic mass is 10.1. The maximum Gasteiger partial charge on any atom is 0.133 e. The highest BCUT2D eigenvalue weighted by Crippen LogP contribution is 2.40. The largest absolute Gasteiger partial charge is 0.496 e. The predicted octanol–water partition coefficient (Wildman–Crippen LogP) is 3.16. The fraction of sp³-hybridized carbons (Fsp3) is 0.538. The monoisotopic (exact) mass is 350 g/mol. The average Bonchev–Trinajstić information content (AvgIpc) is 2.47. The maximum absolute atomic E-state index is 6.49. The van der Waals surface area contributed by atoms with Crippen LogP contribution in [0, 0.1) is 0 Å². The van der Waals surface area contributed by atoms with Gasteiger partial charge in [0.1, 0.15) is 17.6 Å². The summed E-state index contributed by atoms with van der Waals surface area (Å²) in [6.45, 7) is 1.65. The van der Waals surface area contributed by atoms with Gasteiger partial charge in [-0.1, -0.05) is 0 Å². The Hall–Kier alpha value is -0.490. The van der Waals surface area contributed by atoms with Gasteiger partial charge in [-0.25, -0.2) is 0 Å². The highest BCUT2D eigenvalue weighted by atomic mass is 79.9. The van der Waals surface area contributed by atoms with E-state index in [4.69, 9.17) is 30.5 Å². The van der Waals surface area contributed by atoms with Gasteiger partial charge in [-0.05, 0) is 28.1 Å². The van der Waals surface area contributed by atoms with Gasteiger partial charge in [-0.2, -0.15) is 0 Å². The van der Waals surface area contributed by atoms with E-state index < -0.39 is 0 Å². The van der Waals surface area contributed by atoms with E-state index in [2.05, 4.69) is 15.9 Å². The molecule has 0 bridgehead atoms. The molecule has 0 radical (unpaired) electrons. The maximum atomic E-state index is 6.49. The molecule has 1 aliphatic heterocycles. The molecular formula is C13H16BrClO4. The normalized spacial score (nSPS) is 20.9. The lowest BCUT2D eigenvalue weighted by molar-refractivity contribution is -0.0893. The lowest BCUT2D eigenvalue weighted by Gasteiger charge is -2.28. The average molecular weight is 352 g/mol. The highest BCUT2D eigenvalue weighted by molar-refractivity contribution is 9.10. The number of methoxy groups -OCH3 is 2. The molecule has 19 heavy (non-hydrogen) atoms. The molecule has 1 aliphatic rings. The van der Waals surface area contributed by atoms with Crippen LogP contribution in [0.1, 0.15) is 10.9 Å². The number of hydrogen-bond donors (Lipinski definition) is 0. The minimum atomic E-state index is -0.350. The van der Waals surface area contributed by atoms with Gasteiger partial charge in [0.05, 0.1) is 43.9 Å². The van der Waals surface area contributed by atoms with Crippen molar-refractivity contribution in [2.24, 2.45) is 0 Å². The van der Waals surface area contributed by atoms with E-state index in [9.17, 15) is 0 Å². The second-order valence-corrected chi connectivity index (χ2v) is 5.44. The molecule has 1 aromatic carbocycles. The van der Waals surface area contributed by atoms with Gasteiger partial charge in [0.25, 0.3) is 0 Å². The molecule has 1 heterocycles. The Bertz CT molecular complexity index is 435. The molecule has 6 heteroatoms. The molecule has 0 saturated carbocycles. The summed E-state index contributed by atoms with van der Waals surface area (Å²) in [5.41, 5.74) is 0.833. The standard InChI is InChI=1S/C13H16BrClO4/c1-16-10-6-9(14)11(17-2)5-8(10)13(15)12-7-18-3-4-19-12/h5-6,12-13H,3-4,7H2,1-2H3. The van der Waals surface area contributed by atoms with Gasteiger partial charge in [0.2, 0.25) is 0 Å². The van der Waals surface area contributed by atoms with Crippen LogP contribution < -0.4 is 9.47 Å². The van der Waals surface area contributed by atoms with E-state index in [0.29, 0.717) is 31.3 Å². The molecule has 0 aromatic heterocycles. The zero-order chi connectivity index (χ0) is 13.8. The van der Waals surface area contributed by atoms with Crippen LogP contribution in [-0.4, -0.2) is 40.1 Å². The Morgan fingerprint density at radius 3 is 2.58 bits per heavy atom. The topological polar surface area (TPSA) is 36.9 Å². The SMILES string of the molecule is COc1cc(C(Cl)C2COCCO2)c(OC)cc1Br. The van der Waals surface area contributed by atoms with Gasteiger partial charge in [0.15, 0.2) is 0 Å². The summed E-state index contributed by atoms with van der Waals surface area (Å²) in [4.78, 5) is 0. The van der Waals surface area contributed by atoms with Crippen LogP contribution in [-0.2, 0) is 9.47 Å². The van der Waals surface area contributed by atoms with Gasteiger partial charge >= 0.3 is 0 Å². The number of ether oxygens (including phenoxy) is 4. The summed E-state index contributed by atoms with van der Waals surface area (Å²) in [7, 11) is 3.22. The second-order valence-electron chi connectivity index (χ2n) is 4.11. The Balaban J connectivity index is 2.30. The fourth-order valence-corrected chi connectivity index (χ4v) is 2.78. The zero-order valence-corrected chi connectivity index (χ0v) is 13.2. The van der Waals surface area contributed by atoms with Crippen LogP contribution >= 0.6 is 27.5 Å². The quantitative estimate of drug-likeness (QED) is 0.781. The van der Waals surface area contributed by atoms with Crippen LogP contribution in [0.2, 0.25) is 0 Å². The van der Waals surface area contributed by atoms with Crippen molar-refractivity contribution < 1.29 is 18.9 Å². The predicted molar refractivity (Wildman–Crippen MR) is 76.4 cm³/mol. The molecule has 0 spiro atoms. The Morgan fingerprint density at radius 1 is 1.26 bits per heavy atom. The smallest absolute Gasteiger partial charge is 0.133 e. The molecule has 1 fully saturated rings. The third kappa shape index (κ3) is 3.34. The molecule has 0 N–H and O–H groups in total. The molecule has 4 nitrogen and oxygen atoms in total. The zero-order valence-electron chi connectivity index (χ0n) is 10.8. The van der Waals surface area contributed by atoms with Crippen LogP contribution in [0.5, 0.6) is 11.5 Å². The van der Waals surface area contributed by atoms with E-state index in [0.717, 1.165) is 10.0 Å². The van der Waals surface area contributed by atoms with Gasteiger partial charge < -0.3 is 18.9 Å². The second kappa shape index (κ2) is 6.79. The summed E-state index contributed by atoms with van der Waals surface area (Å²) in [5, 5.41) is -0.350. The van der Waals surface area contributed by atoms with E-state index >= 15 is 0 Å². The van der Waals surface area contributed by atoms with Crippen molar-refractivity contribution in [3.8, 4) is 11.5 Å². The minimum absolute atomic E-state index is 0.185. The number of alkyl halides is 1. The van der Waals surface area contributed by atoms with E-state index in [1.807, 2.05) is 12.1 Å². The number of benzene rings is 1. The van der Waals surface area contributed by atoms with Crippen LogP contribution in [0.4, 0.5) is 0 Å². The first-order valence-electron chi connectivity index (χ1n) is 5.92. The van der Waals surface area contributed by atoms with Crippen molar-refractivity contribution in [3.05, 3.63) is 22.2 Å². The summed E-state index contributed by atoms with van der Waals surface area (Å²) < 4.78 is 22.5. The summed E-state index contributed by atoms with van der Waals surface area (Å²) in [6.07, 6.45) is -0.185. The molecule has 106 valence electrons. The van der Waals surface area contributed by atoms with Gasteiger partial charge in [-0.15, -0.1) is 11.6 Å². The van der Waals surface area contributed by atoms with Gasteiger partial charge in [-0.3, -0.25) is 0 Å². The third-order valence-electron chi connectivity index (χ3n) is 2.97. The first-order valence-corrected chi connectivity index (χ1v) is 7.15. The number of hydrogen-bond acceptors (Lipinski definition) is 4.